The molecule has 1 unspecified atom stereocenters. The van der Waals surface area contributed by atoms with Crippen molar-refractivity contribution in [1.82, 2.24) is 4.90 Å². The van der Waals surface area contributed by atoms with E-state index >= 15 is 0 Å². The second-order valence-corrected chi connectivity index (χ2v) is 5.37. The summed E-state index contributed by atoms with van der Waals surface area (Å²) in [6.45, 7) is 22.9. The van der Waals surface area contributed by atoms with Gasteiger partial charge in [0, 0.05) is 0 Å². The standard InChI is InChI=1S/C13H25NO.2C2H6/c1-6-9-14-10-7-8-12(14)11(2)15-13(3,4)5;2*1-2/h12H,2,6-10H2,1,3-5H3;2*1-2H3. The summed E-state index contributed by atoms with van der Waals surface area (Å²) in [6, 6.07) is 0.448. The number of hydrogen-bond acceptors (Lipinski definition) is 2. The molecule has 0 aromatic heterocycles. The normalized spacial score (nSPS) is 18.8. The number of hydrogen-bond donors (Lipinski definition) is 0. The van der Waals surface area contributed by atoms with Crippen molar-refractivity contribution in [3.8, 4) is 0 Å². The van der Waals surface area contributed by atoms with Crippen molar-refractivity contribution in [2.24, 2.45) is 0 Å². The van der Waals surface area contributed by atoms with Gasteiger partial charge in [0.15, 0.2) is 0 Å². The summed E-state index contributed by atoms with van der Waals surface area (Å²) in [7, 11) is 0. The summed E-state index contributed by atoms with van der Waals surface area (Å²) >= 11 is 0. The van der Waals surface area contributed by atoms with Crippen LogP contribution in [-0.4, -0.2) is 29.6 Å². The van der Waals surface area contributed by atoms with Crippen LogP contribution in [0.5, 0.6) is 0 Å². The van der Waals surface area contributed by atoms with Gasteiger partial charge in [-0.3, -0.25) is 4.90 Å². The van der Waals surface area contributed by atoms with Crippen molar-refractivity contribution in [1.29, 1.82) is 0 Å². The van der Waals surface area contributed by atoms with Crippen molar-refractivity contribution in [3.63, 3.8) is 0 Å². The zero-order valence-corrected chi connectivity index (χ0v) is 14.7. The zero-order valence-electron chi connectivity index (χ0n) is 14.7. The number of likely N-dealkylation sites (tertiary alicyclic amines) is 1. The SMILES string of the molecule is C=C(OC(C)(C)C)C1CCCN1CCC.CC.CC. The molecule has 1 atom stereocenters. The first-order valence-corrected chi connectivity index (χ1v) is 8.06. The minimum atomic E-state index is -0.114. The van der Waals surface area contributed by atoms with Crippen LogP contribution in [0.4, 0.5) is 0 Å². The average Bonchev–Trinajstić information content (AvgIpc) is 2.81. The Morgan fingerprint density at radius 3 is 2.16 bits per heavy atom. The van der Waals surface area contributed by atoms with Crippen molar-refractivity contribution >= 4 is 0 Å². The lowest BCUT2D eigenvalue weighted by molar-refractivity contribution is 0.0279. The molecule has 0 amide bonds. The van der Waals surface area contributed by atoms with E-state index < -0.39 is 0 Å². The van der Waals surface area contributed by atoms with Gasteiger partial charge in [0.05, 0.1) is 6.04 Å². The lowest BCUT2D eigenvalue weighted by atomic mass is 10.1. The first kappa shape index (κ1) is 20.8. The van der Waals surface area contributed by atoms with Gasteiger partial charge >= 0.3 is 0 Å². The maximum Gasteiger partial charge on any atom is 0.107 e. The molecule has 1 aliphatic heterocycles. The Labute approximate surface area is 122 Å². The second kappa shape index (κ2) is 11.3. The van der Waals surface area contributed by atoms with E-state index in [1.807, 2.05) is 27.7 Å². The van der Waals surface area contributed by atoms with Gasteiger partial charge in [0.1, 0.15) is 11.4 Å². The minimum absolute atomic E-state index is 0.114. The smallest absolute Gasteiger partial charge is 0.107 e. The van der Waals surface area contributed by atoms with E-state index in [0.717, 1.165) is 12.3 Å². The Kier molecular flexibility index (Phi) is 12.4. The maximum atomic E-state index is 5.86. The van der Waals surface area contributed by atoms with Crippen LogP contribution in [0, 0.1) is 0 Å². The lowest BCUT2D eigenvalue weighted by Gasteiger charge is -2.30. The van der Waals surface area contributed by atoms with Crippen molar-refractivity contribution in [3.05, 3.63) is 12.3 Å². The molecular weight excluding hydrogens is 234 g/mol. The molecule has 0 bridgehead atoms. The minimum Gasteiger partial charge on any atom is -0.491 e. The van der Waals surface area contributed by atoms with Gasteiger partial charge in [-0.05, 0) is 53.1 Å². The lowest BCUT2D eigenvalue weighted by Crippen LogP contribution is -2.34. The van der Waals surface area contributed by atoms with Gasteiger partial charge in [-0.2, -0.15) is 0 Å². The van der Waals surface area contributed by atoms with Crippen LogP contribution in [-0.2, 0) is 4.74 Å². The van der Waals surface area contributed by atoms with Gasteiger partial charge in [0.25, 0.3) is 0 Å². The van der Waals surface area contributed by atoms with Crippen LogP contribution in [0.1, 0.15) is 74.7 Å². The highest BCUT2D eigenvalue weighted by Gasteiger charge is 2.28. The molecule has 1 rings (SSSR count). The fourth-order valence-corrected chi connectivity index (χ4v) is 2.21. The Morgan fingerprint density at radius 2 is 1.74 bits per heavy atom. The topological polar surface area (TPSA) is 12.5 Å². The molecule has 116 valence electrons. The molecule has 1 fully saturated rings. The van der Waals surface area contributed by atoms with Crippen LogP contribution in [0.25, 0.3) is 0 Å². The largest absolute Gasteiger partial charge is 0.491 e. The predicted octanol–water partition coefficient (Wildman–Crippen LogP) is 5.24. The molecule has 1 heterocycles. The molecule has 0 aromatic carbocycles. The third kappa shape index (κ3) is 9.10. The first-order valence-electron chi connectivity index (χ1n) is 8.06. The Bertz CT molecular complexity index is 218. The highest BCUT2D eigenvalue weighted by molar-refractivity contribution is 5.02. The fourth-order valence-electron chi connectivity index (χ4n) is 2.21. The highest BCUT2D eigenvalue weighted by Crippen LogP contribution is 2.26. The van der Waals surface area contributed by atoms with E-state index in [4.69, 9.17) is 4.74 Å². The number of rotatable bonds is 4. The van der Waals surface area contributed by atoms with Crippen LogP contribution in [0.15, 0.2) is 12.3 Å². The van der Waals surface area contributed by atoms with Gasteiger partial charge < -0.3 is 4.74 Å². The van der Waals surface area contributed by atoms with Gasteiger partial charge in [-0.15, -0.1) is 0 Å². The van der Waals surface area contributed by atoms with Crippen LogP contribution in [0.3, 0.4) is 0 Å². The summed E-state index contributed by atoms with van der Waals surface area (Å²) in [6.07, 6.45) is 3.69. The molecule has 0 spiro atoms. The summed E-state index contributed by atoms with van der Waals surface area (Å²) in [4.78, 5) is 2.49. The average molecular weight is 271 g/mol. The summed E-state index contributed by atoms with van der Waals surface area (Å²) < 4.78 is 5.86. The van der Waals surface area contributed by atoms with Crippen LogP contribution < -0.4 is 0 Å². The first-order chi connectivity index (χ1) is 8.94. The van der Waals surface area contributed by atoms with E-state index in [1.165, 1.54) is 25.8 Å². The van der Waals surface area contributed by atoms with E-state index in [2.05, 4.69) is 39.2 Å². The van der Waals surface area contributed by atoms with E-state index in [0.29, 0.717) is 6.04 Å². The quantitative estimate of drug-likeness (QED) is 0.648. The molecule has 1 saturated heterocycles. The second-order valence-electron chi connectivity index (χ2n) is 5.37. The van der Waals surface area contributed by atoms with Gasteiger partial charge in [0.2, 0.25) is 0 Å². The monoisotopic (exact) mass is 271 g/mol. The number of nitrogens with zero attached hydrogens (tertiary/aromatic N) is 1. The number of ether oxygens (including phenoxy) is 1. The molecule has 0 radical (unpaired) electrons. The molecule has 1 aliphatic rings. The molecular formula is C17H37NO. The molecule has 2 heteroatoms. The predicted molar refractivity (Wildman–Crippen MR) is 87.6 cm³/mol. The Hall–Kier alpha value is -0.500. The molecule has 0 aromatic rings. The molecule has 19 heavy (non-hydrogen) atoms. The Morgan fingerprint density at radius 1 is 1.21 bits per heavy atom. The molecule has 2 nitrogen and oxygen atoms in total. The van der Waals surface area contributed by atoms with Crippen LogP contribution in [0.2, 0.25) is 0 Å². The summed E-state index contributed by atoms with van der Waals surface area (Å²) in [5.41, 5.74) is -0.114. The van der Waals surface area contributed by atoms with Gasteiger partial charge in [-0.25, -0.2) is 0 Å². The third-order valence-electron chi connectivity index (χ3n) is 2.68. The summed E-state index contributed by atoms with van der Waals surface area (Å²) in [5.74, 6) is 0.952. The van der Waals surface area contributed by atoms with E-state index in [-0.39, 0.29) is 5.60 Å². The fraction of sp³-hybridized carbons (Fsp3) is 0.882. The summed E-state index contributed by atoms with van der Waals surface area (Å²) in [5, 5.41) is 0. The van der Waals surface area contributed by atoms with Crippen LogP contribution >= 0.6 is 0 Å². The molecule has 0 N–H and O–H groups in total. The maximum absolute atomic E-state index is 5.86. The van der Waals surface area contributed by atoms with Crippen molar-refractivity contribution in [2.45, 2.75) is 86.3 Å². The van der Waals surface area contributed by atoms with Crippen molar-refractivity contribution in [2.75, 3.05) is 13.1 Å². The zero-order chi connectivity index (χ0) is 15.5. The third-order valence-corrected chi connectivity index (χ3v) is 2.68. The van der Waals surface area contributed by atoms with Crippen molar-refractivity contribution < 1.29 is 4.74 Å². The molecule has 0 saturated carbocycles. The highest BCUT2D eigenvalue weighted by atomic mass is 16.5. The molecule has 0 aliphatic carbocycles. The van der Waals surface area contributed by atoms with E-state index in [9.17, 15) is 0 Å². The van der Waals surface area contributed by atoms with Gasteiger partial charge in [-0.1, -0.05) is 41.2 Å². The Balaban J connectivity index is 0. The van der Waals surface area contributed by atoms with E-state index in [1.54, 1.807) is 0 Å².